The van der Waals surface area contributed by atoms with Gasteiger partial charge < -0.3 is 0 Å². The van der Waals surface area contributed by atoms with Crippen LogP contribution in [0.15, 0.2) is 95.1 Å². The molecule has 0 heterocycles. The van der Waals surface area contributed by atoms with E-state index >= 15 is 0 Å². The molecule has 0 amide bonds. The first-order valence-corrected chi connectivity index (χ1v) is 16.5. The maximum atomic E-state index is 2.61. The molecule has 2 saturated carbocycles. The number of fused-ring (bicyclic) bond motifs is 4. The fraction of sp³-hybridized carbons (Fsp3) is 0.450. The molecule has 0 nitrogen and oxygen atoms in total. The third kappa shape index (κ3) is 4.52. The zero-order valence-corrected chi connectivity index (χ0v) is 24.1. The topological polar surface area (TPSA) is 0 Å². The summed E-state index contributed by atoms with van der Waals surface area (Å²) in [7, 11) is 0. The van der Waals surface area contributed by atoms with E-state index in [0.29, 0.717) is 5.92 Å². The second kappa shape index (κ2) is 10.5. The number of hydrogen-bond acceptors (Lipinski definition) is 0. The van der Waals surface area contributed by atoms with Crippen LogP contribution in [0.1, 0.15) is 106 Å². The molecule has 0 heteroatoms. The van der Waals surface area contributed by atoms with Crippen molar-refractivity contribution in [1.29, 1.82) is 0 Å². The van der Waals surface area contributed by atoms with E-state index in [0.717, 1.165) is 17.8 Å². The van der Waals surface area contributed by atoms with Crippen molar-refractivity contribution in [3.63, 3.8) is 0 Å². The van der Waals surface area contributed by atoms with E-state index in [9.17, 15) is 0 Å². The van der Waals surface area contributed by atoms with E-state index in [4.69, 9.17) is 0 Å². The Morgan fingerprint density at radius 3 is 2.67 bits per heavy atom. The summed E-state index contributed by atoms with van der Waals surface area (Å²) in [5.41, 5.74) is 15.6. The minimum absolute atomic E-state index is 0.614. The molecule has 0 aliphatic heterocycles. The Hall–Kier alpha value is -2.86. The summed E-state index contributed by atoms with van der Waals surface area (Å²) >= 11 is 0. The first-order valence-electron chi connectivity index (χ1n) is 16.5. The molecule has 0 radical (unpaired) electrons. The van der Waals surface area contributed by atoms with Crippen LogP contribution >= 0.6 is 0 Å². The van der Waals surface area contributed by atoms with Crippen molar-refractivity contribution in [2.75, 3.05) is 0 Å². The maximum absolute atomic E-state index is 2.61. The van der Waals surface area contributed by atoms with E-state index < -0.39 is 0 Å². The second-order valence-corrected chi connectivity index (χ2v) is 13.6. The molecule has 40 heavy (non-hydrogen) atoms. The van der Waals surface area contributed by atoms with Crippen LogP contribution in [0.25, 0.3) is 16.7 Å². The van der Waals surface area contributed by atoms with Gasteiger partial charge in [0, 0.05) is 5.92 Å². The number of allylic oxidation sites excluding steroid dienone is 10. The molecular formula is C40H44. The molecule has 4 atom stereocenters. The lowest BCUT2D eigenvalue weighted by Gasteiger charge is -2.41. The lowest BCUT2D eigenvalue weighted by Crippen LogP contribution is -2.29. The van der Waals surface area contributed by atoms with Crippen LogP contribution in [0.3, 0.4) is 0 Å². The Morgan fingerprint density at radius 2 is 1.68 bits per heavy atom. The van der Waals surface area contributed by atoms with Gasteiger partial charge >= 0.3 is 0 Å². The quantitative estimate of drug-likeness (QED) is 0.374. The number of aryl methyl sites for hydroxylation is 1. The van der Waals surface area contributed by atoms with Gasteiger partial charge in [-0.3, -0.25) is 0 Å². The van der Waals surface area contributed by atoms with Crippen molar-refractivity contribution >= 4 is 5.57 Å². The highest BCUT2D eigenvalue weighted by molar-refractivity contribution is 5.79. The van der Waals surface area contributed by atoms with Crippen molar-refractivity contribution in [2.45, 2.75) is 95.8 Å². The zero-order chi connectivity index (χ0) is 26.5. The molecule has 8 rings (SSSR count). The van der Waals surface area contributed by atoms with E-state index in [1.807, 2.05) is 0 Å². The van der Waals surface area contributed by atoms with Crippen molar-refractivity contribution in [2.24, 2.45) is 17.8 Å². The molecule has 2 aromatic rings. The zero-order valence-electron chi connectivity index (χ0n) is 24.1. The van der Waals surface area contributed by atoms with Crippen LogP contribution in [0.5, 0.6) is 0 Å². The average molecular weight is 525 g/mol. The van der Waals surface area contributed by atoms with E-state index in [2.05, 4.69) is 72.8 Å². The fourth-order valence-corrected chi connectivity index (χ4v) is 9.38. The first-order chi connectivity index (χ1) is 19.8. The molecule has 204 valence electrons. The van der Waals surface area contributed by atoms with Gasteiger partial charge in [0.05, 0.1) is 0 Å². The Labute approximate surface area is 241 Å². The molecule has 4 unspecified atom stereocenters. The Balaban J connectivity index is 1.05. The SMILES string of the molecule is C1=CC2=CCC(C3=CC4=C(CC3)c3ccc(-c5cccc(C6CCCC7CCCCC76)c5)cc3CC4)C=C2CC1. The van der Waals surface area contributed by atoms with Gasteiger partial charge in [-0.2, -0.15) is 0 Å². The number of rotatable bonds is 3. The predicted octanol–water partition coefficient (Wildman–Crippen LogP) is 11.1. The molecule has 6 aliphatic carbocycles. The lowest BCUT2D eigenvalue weighted by molar-refractivity contribution is 0.144. The number of benzene rings is 2. The predicted molar refractivity (Wildman–Crippen MR) is 169 cm³/mol. The molecular weight excluding hydrogens is 480 g/mol. The minimum atomic E-state index is 0.614. The lowest BCUT2D eigenvalue weighted by atomic mass is 9.63. The van der Waals surface area contributed by atoms with Crippen LogP contribution in [0.2, 0.25) is 0 Å². The summed E-state index contributed by atoms with van der Waals surface area (Å²) < 4.78 is 0. The van der Waals surface area contributed by atoms with E-state index in [-0.39, 0.29) is 0 Å². The standard InChI is InChI=1S/C40H44/c1-2-9-29-23-31(16-15-27(29)7-1)33-20-22-40-36(26-33)18-17-35-25-32(19-21-39(35)40)30-11-5-12-34(24-30)38-14-6-10-28-8-3-4-13-37(28)38/h1,5,7,11-12,15,19,21,23-26,28,31,37-38H,2-4,6,8-10,13-14,16-18,20,22H2. The van der Waals surface area contributed by atoms with Gasteiger partial charge in [-0.15, -0.1) is 0 Å². The van der Waals surface area contributed by atoms with Gasteiger partial charge in [-0.1, -0.05) is 111 Å². The summed E-state index contributed by atoms with van der Waals surface area (Å²) in [5, 5.41) is 0. The van der Waals surface area contributed by atoms with Gasteiger partial charge in [0.15, 0.2) is 0 Å². The summed E-state index contributed by atoms with van der Waals surface area (Å²) in [5.74, 6) is 3.31. The first kappa shape index (κ1) is 24.9. The van der Waals surface area contributed by atoms with Gasteiger partial charge in [-0.25, -0.2) is 0 Å². The molecule has 2 fully saturated rings. The highest BCUT2D eigenvalue weighted by Gasteiger charge is 2.35. The van der Waals surface area contributed by atoms with Crippen molar-refractivity contribution in [3.8, 4) is 11.1 Å². The van der Waals surface area contributed by atoms with Crippen molar-refractivity contribution in [1.82, 2.24) is 0 Å². The normalized spacial score (nSPS) is 29.4. The fourth-order valence-electron chi connectivity index (χ4n) is 9.38. The summed E-state index contributed by atoms with van der Waals surface area (Å²) in [6, 6.07) is 17.1. The van der Waals surface area contributed by atoms with Gasteiger partial charge in [-0.05, 0) is 126 Å². The van der Waals surface area contributed by atoms with E-state index in [1.54, 1.807) is 33.4 Å². The summed E-state index contributed by atoms with van der Waals surface area (Å²) in [4.78, 5) is 0. The van der Waals surface area contributed by atoms with E-state index in [1.165, 1.54) is 112 Å². The smallest absolute Gasteiger partial charge is 0.00209 e. The Morgan fingerprint density at radius 1 is 0.750 bits per heavy atom. The van der Waals surface area contributed by atoms with Gasteiger partial charge in [0.2, 0.25) is 0 Å². The van der Waals surface area contributed by atoms with Crippen molar-refractivity contribution < 1.29 is 0 Å². The molecule has 2 aromatic carbocycles. The maximum Gasteiger partial charge on any atom is 0.00209 e. The highest BCUT2D eigenvalue weighted by atomic mass is 14.4. The Bertz CT molecular complexity index is 1470. The van der Waals surface area contributed by atoms with Crippen LogP contribution < -0.4 is 0 Å². The monoisotopic (exact) mass is 524 g/mol. The van der Waals surface area contributed by atoms with Crippen LogP contribution in [-0.2, 0) is 6.42 Å². The second-order valence-electron chi connectivity index (χ2n) is 13.6. The van der Waals surface area contributed by atoms with Crippen LogP contribution in [-0.4, -0.2) is 0 Å². The molecule has 0 saturated heterocycles. The van der Waals surface area contributed by atoms with Crippen molar-refractivity contribution in [3.05, 3.63) is 112 Å². The molecule has 0 aromatic heterocycles. The highest BCUT2D eigenvalue weighted by Crippen LogP contribution is 2.49. The van der Waals surface area contributed by atoms with Gasteiger partial charge in [0.1, 0.15) is 0 Å². The average Bonchev–Trinajstić information content (AvgIpc) is 3.03. The summed E-state index contributed by atoms with van der Waals surface area (Å²) in [6.07, 6.45) is 31.0. The molecule has 0 spiro atoms. The Kier molecular flexibility index (Phi) is 6.55. The number of hydrogen-bond donors (Lipinski definition) is 0. The third-order valence-electron chi connectivity index (χ3n) is 11.4. The summed E-state index contributed by atoms with van der Waals surface area (Å²) in [6.45, 7) is 0. The minimum Gasteiger partial charge on any atom is -0.0836 e. The molecule has 6 aliphatic rings. The largest absolute Gasteiger partial charge is 0.0836 e. The molecule has 0 N–H and O–H groups in total. The third-order valence-corrected chi connectivity index (χ3v) is 11.4. The van der Waals surface area contributed by atoms with Crippen LogP contribution in [0.4, 0.5) is 0 Å². The van der Waals surface area contributed by atoms with Crippen LogP contribution in [0, 0.1) is 17.8 Å². The van der Waals surface area contributed by atoms with Gasteiger partial charge in [0.25, 0.3) is 0 Å². The molecule has 0 bridgehead atoms.